The van der Waals surface area contributed by atoms with Crippen molar-refractivity contribution in [2.45, 2.75) is 33.1 Å². The fraction of sp³-hybridized carbons (Fsp3) is 0.875. The second-order valence-electron chi connectivity index (χ2n) is 2.65. The molecule has 0 saturated carbocycles. The van der Waals surface area contributed by atoms with Gasteiger partial charge in [0, 0.05) is 0 Å². The van der Waals surface area contributed by atoms with Gasteiger partial charge in [-0.25, -0.2) is 0 Å². The van der Waals surface area contributed by atoms with Gasteiger partial charge in [0.1, 0.15) is 0 Å². The number of nitrogens with zero attached hydrogens (tertiary/aromatic N) is 1. The van der Waals surface area contributed by atoms with Crippen LogP contribution in [0.25, 0.3) is 0 Å². The van der Waals surface area contributed by atoms with Crippen LogP contribution in [0.4, 0.5) is 0 Å². The normalized spacial score (nSPS) is 15.8. The minimum atomic E-state index is -0.464. The van der Waals surface area contributed by atoms with Crippen LogP contribution in [0.2, 0.25) is 0 Å². The Kier molecular flexibility index (Phi) is 4.06. The van der Waals surface area contributed by atoms with Crippen molar-refractivity contribution >= 4 is 0 Å². The highest BCUT2D eigenvalue weighted by Gasteiger charge is 2.25. The van der Waals surface area contributed by atoms with Crippen LogP contribution < -0.4 is 0 Å². The fourth-order valence-electron chi connectivity index (χ4n) is 1.02. The van der Waals surface area contributed by atoms with Crippen molar-refractivity contribution in [3.63, 3.8) is 0 Å². The molecule has 0 aromatic heterocycles. The molecular formula is C8H15NO. The molecule has 0 aliphatic carbocycles. The lowest BCUT2D eigenvalue weighted by atomic mass is 9.83. The summed E-state index contributed by atoms with van der Waals surface area (Å²) in [5, 5.41) is 17.6. The molecule has 0 aliphatic rings. The Morgan fingerprint density at radius 3 is 2.20 bits per heavy atom. The SMILES string of the molecule is CCCC(C#N)(CC)CO. The number of hydrogen-bond acceptors (Lipinski definition) is 2. The van der Waals surface area contributed by atoms with Gasteiger partial charge in [-0.2, -0.15) is 5.26 Å². The topological polar surface area (TPSA) is 44.0 Å². The Bertz CT molecular complexity index is 122. The van der Waals surface area contributed by atoms with Crippen LogP contribution in [0.5, 0.6) is 0 Å². The monoisotopic (exact) mass is 141 g/mol. The number of rotatable bonds is 4. The average Bonchev–Trinajstić information content (AvgIpc) is 2.01. The Labute approximate surface area is 62.5 Å². The third-order valence-electron chi connectivity index (χ3n) is 1.95. The van der Waals surface area contributed by atoms with Crippen molar-refractivity contribution in [1.82, 2.24) is 0 Å². The summed E-state index contributed by atoms with van der Waals surface area (Å²) in [6.45, 7) is 3.96. The zero-order valence-electron chi connectivity index (χ0n) is 6.72. The number of nitriles is 1. The lowest BCUT2D eigenvalue weighted by Gasteiger charge is -2.20. The van der Waals surface area contributed by atoms with E-state index in [2.05, 4.69) is 6.07 Å². The smallest absolute Gasteiger partial charge is 0.0801 e. The van der Waals surface area contributed by atoms with E-state index < -0.39 is 5.41 Å². The van der Waals surface area contributed by atoms with Gasteiger partial charge in [0.05, 0.1) is 18.1 Å². The van der Waals surface area contributed by atoms with Gasteiger partial charge in [0.2, 0.25) is 0 Å². The summed E-state index contributed by atoms with van der Waals surface area (Å²) in [5.41, 5.74) is -0.464. The van der Waals surface area contributed by atoms with E-state index in [0.29, 0.717) is 0 Å². The predicted molar refractivity (Wildman–Crippen MR) is 40.3 cm³/mol. The van der Waals surface area contributed by atoms with Crippen LogP contribution >= 0.6 is 0 Å². The van der Waals surface area contributed by atoms with Crippen molar-refractivity contribution in [2.24, 2.45) is 5.41 Å². The summed E-state index contributed by atoms with van der Waals surface area (Å²) in [6.07, 6.45) is 2.51. The second kappa shape index (κ2) is 4.29. The van der Waals surface area contributed by atoms with Crippen molar-refractivity contribution in [3.05, 3.63) is 0 Å². The van der Waals surface area contributed by atoms with Gasteiger partial charge in [-0.3, -0.25) is 0 Å². The number of aliphatic hydroxyl groups is 1. The first-order valence-corrected chi connectivity index (χ1v) is 3.76. The Balaban J connectivity index is 4.05. The molecule has 2 nitrogen and oxygen atoms in total. The van der Waals surface area contributed by atoms with Crippen molar-refractivity contribution in [3.8, 4) is 6.07 Å². The first kappa shape index (κ1) is 9.45. The first-order chi connectivity index (χ1) is 4.74. The zero-order valence-corrected chi connectivity index (χ0v) is 6.72. The van der Waals surface area contributed by atoms with Gasteiger partial charge in [-0.1, -0.05) is 20.3 Å². The van der Waals surface area contributed by atoms with Crippen LogP contribution in [-0.2, 0) is 0 Å². The molecule has 1 N–H and O–H groups in total. The maximum Gasteiger partial charge on any atom is 0.0801 e. The standard InChI is InChI=1S/C8H15NO/c1-3-5-8(4-2,6-9)7-10/h10H,3-5,7H2,1-2H3. The van der Waals surface area contributed by atoms with E-state index in [1.165, 1.54) is 0 Å². The lowest BCUT2D eigenvalue weighted by molar-refractivity contribution is 0.160. The summed E-state index contributed by atoms with van der Waals surface area (Å²) in [7, 11) is 0. The second-order valence-corrected chi connectivity index (χ2v) is 2.65. The van der Waals surface area contributed by atoms with Crippen molar-refractivity contribution in [2.75, 3.05) is 6.61 Å². The Morgan fingerprint density at radius 2 is 2.10 bits per heavy atom. The minimum Gasteiger partial charge on any atom is -0.395 e. The molecule has 0 saturated heterocycles. The molecule has 0 aromatic carbocycles. The quantitative estimate of drug-likeness (QED) is 0.647. The molecule has 2 heteroatoms. The molecule has 0 radical (unpaired) electrons. The van der Waals surface area contributed by atoms with Crippen LogP contribution in [0.3, 0.4) is 0 Å². The molecule has 58 valence electrons. The molecule has 1 unspecified atom stereocenters. The molecule has 0 fully saturated rings. The van der Waals surface area contributed by atoms with Crippen molar-refractivity contribution in [1.29, 1.82) is 5.26 Å². The third kappa shape index (κ3) is 2.00. The highest BCUT2D eigenvalue weighted by Crippen LogP contribution is 2.25. The molecule has 0 aromatic rings. The maximum absolute atomic E-state index is 8.89. The molecule has 0 heterocycles. The van der Waals surface area contributed by atoms with Gasteiger partial charge in [0.25, 0.3) is 0 Å². The highest BCUT2D eigenvalue weighted by atomic mass is 16.3. The number of hydrogen-bond donors (Lipinski definition) is 1. The molecule has 0 aliphatic heterocycles. The van der Waals surface area contributed by atoms with E-state index in [4.69, 9.17) is 10.4 Å². The minimum absolute atomic E-state index is 0.00611. The summed E-state index contributed by atoms with van der Waals surface area (Å²) in [4.78, 5) is 0. The van der Waals surface area contributed by atoms with E-state index in [1.54, 1.807) is 0 Å². The molecule has 0 rings (SSSR count). The van der Waals surface area contributed by atoms with E-state index >= 15 is 0 Å². The maximum atomic E-state index is 8.89. The number of aliphatic hydroxyl groups excluding tert-OH is 1. The predicted octanol–water partition coefficient (Wildman–Crippen LogP) is 1.70. The van der Waals surface area contributed by atoms with Gasteiger partial charge < -0.3 is 5.11 Å². The van der Waals surface area contributed by atoms with Gasteiger partial charge >= 0.3 is 0 Å². The Morgan fingerprint density at radius 1 is 1.50 bits per heavy atom. The largest absolute Gasteiger partial charge is 0.395 e. The van der Waals surface area contributed by atoms with E-state index in [-0.39, 0.29) is 6.61 Å². The molecular weight excluding hydrogens is 126 g/mol. The van der Waals surface area contributed by atoms with Crippen LogP contribution in [0.1, 0.15) is 33.1 Å². The van der Waals surface area contributed by atoms with Gasteiger partial charge in [0.15, 0.2) is 0 Å². The fourth-order valence-corrected chi connectivity index (χ4v) is 1.02. The Hall–Kier alpha value is -0.550. The zero-order chi connectivity index (χ0) is 8.04. The first-order valence-electron chi connectivity index (χ1n) is 3.76. The van der Waals surface area contributed by atoms with Crippen molar-refractivity contribution < 1.29 is 5.11 Å². The molecule has 0 bridgehead atoms. The van der Waals surface area contributed by atoms with E-state index in [0.717, 1.165) is 19.3 Å². The van der Waals surface area contributed by atoms with Crippen LogP contribution in [-0.4, -0.2) is 11.7 Å². The van der Waals surface area contributed by atoms with Gasteiger partial charge in [-0.05, 0) is 12.8 Å². The average molecular weight is 141 g/mol. The van der Waals surface area contributed by atoms with E-state index in [9.17, 15) is 0 Å². The molecule has 0 spiro atoms. The van der Waals surface area contributed by atoms with Crippen LogP contribution in [0, 0.1) is 16.7 Å². The third-order valence-corrected chi connectivity index (χ3v) is 1.95. The molecule has 10 heavy (non-hydrogen) atoms. The summed E-state index contributed by atoms with van der Waals surface area (Å²) in [6, 6.07) is 2.17. The summed E-state index contributed by atoms with van der Waals surface area (Å²) >= 11 is 0. The highest BCUT2D eigenvalue weighted by molar-refractivity contribution is 4.97. The van der Waals surface area contributed by atoms with Crippen LogP contribution in [0.15, 0.2) is 0 Å². The summed E-state index contributed by atoms with van der Waals surface area (Å²) in [5.74, 6) is 0. The van der Waals surface area contributed by atoms with Gasteiger partial charge in [-0.15, -0.1) is 0 Å². The summed E-state index contributed by atoms with van der Waals surface area (Å²) < 4.78 is 0. The molecule has 1 atom stereocenters. The lowest BCUT2D eigenvalue weighted by Crippen LogP contribution is -2.21. The van der Waals surface area contributed by atoms with E-state index in [1.807, 2.05) is 13.8 Å². The molecule has 0 amide bonds.